The molecule has 0 saturated carbocycles. The summed E-state index contributed by atoms with van der Waals surface area (Å²) < 4.78 is 10.7. The third-order valence-electron chi connectivity index (χ3n) is 4.49. The van der Waals surface area contributed by atoms with Gasteiger partial charge in [0.25, 0.3) is 0 Å². The molecule has 0 aliphatic heterocycles. The first-order valence-corrected chi connectivity index (χ1v) is 9.19. The van der Waals surface area contributed by atoms with E-state index in [-0.39, 0.29) is 18.5 Å². The standard InChI is InChI=1S/C23H28N2O3/c1-6-13-25(15-19-9-7-17(2)8-10-19)16-23(26)24-18(3)21-14-20(27-4)11-12-22(21)28-5/h1,7-12,14,18H,13,15-16H2,2-5H3,(H,24,26)/t18-/m0/s1. The minimum Gasteiger partial charge on any atom is -0.497 e. The summed E-state index contributed by atoms with van der Waals surface area (Å²) in [7, 11) is 3.22. The van der Waals surface area contributed by atoms with E-state index in [1.54, 1.807) is 14.2 Å². The largest absolute Gasteiger partial charge is 0.497 e. The molecule has 1 N–H and O–H groups in total. The molecule has 5 heteroatoms. The minimum absolute atomic E-state index is 0.0975. The van der Waals surface area contributed by atoms with Crippen molar-refractivity contribution in [2.24, 2.45) is 0 Å². The van der Waals surface area contributed by atoms with Crippen LogP contribution in [0.3, 0.4) is 0 Å². The summed E-state index contributed by atoms with van der Waals surface area (Å²) >= 11 is 0. The Morgan fingerprint density at radius 1 is 1.18 bits per heavy atom. The normalized spacial score (nSPS) is 11.6. The number of hydrogen-bond acceptors (Lipinski definition) is 4. The molecule has 0 aliphatic carbocycles. The van der Waals surface area contributed by atoms with Gasteiger partial charge in [-0.2, -0.15) is 0 Å². The monoisotopic (exact) mass is 380 g/mol. The number of hydrogen-bond donors (Lipinski definition) is 1. The van der Waals surface area contributed by atoms with Gasteiger partial charge in [-0.25, -0.2) is 0 Å². The fourth-order valence-corrected chi connectivity index (χ4v) is 2.99. The molecule has 0 aromatic heterocycles. The Kier molecular flexibility index (Phi) is 7.91. The zero-order valence-corrected chi connectivity index (χ0v) is 17.0. The molecule has 0 aliphatic rings. The van der Waals surface area contributed by atoms with Crippen LogP contribution in [0.5, 0.6) is 11.5 Å². The first kappa shape index (κ1) is 21.3. The van der Waals surface area contributed by atoms with E-state index >= 15 is 0 Å². The number of terminal acetylenes is 1. The predicted octanol–water partition coefficient (Wildman–Crippen LogP) is 3.32. The lowest BCUT2D eigenvalue weighted by atomic mass is 10.1. The van der Waals surface area contributed by atoms with Crippen molar-refractivity contribution in [2.75, 3.05) is 27.3 Å². The van der Waals surface area contributed by atoms with Crippen molar-refractivity contribution in [1.29, 1.82) is 0 Å². The number of carbonyl (C=O) groups is 1. The quantitative estimate of drug-likeness (QED) is 0.678. The summed E-state index contributed by atoms with van der Waals surface area (Å²) in [6.07, 6.45) is 5.49. The van der Waals surface area contributed by atoms with Crippen molar-refractivity contribution in [1.82, 2.24) is 10.2 Å². The van der Waals surface area contributed by atoms with Gasteiger partial charge in [0, 0.05) is 12.1 Å². The molecule has 28 heavy (non-hydrogen) atoms. The second kappa shape index (κ2) is 10.4. The smallest absolute Gasteiger partial charge is 0.234 e. The first-order valence-electron chi connectivity index (χ1n) is 9.19. The van der Waals surface area contributed by atoms with Gasteiger partial charge in [-0.15, -0.1) is 6.42 Å². The fourth-order valence-electron chi connectivity index (χ4n) is 2.99. The molecule has 0 heterocycles. The Labute approximate surface area is 167 Å². The molecule has 0 fully saturated rings. The third kappa shape index (κ3) is 6.04. The van der Waals surface area contributed by atoms with E-state index in [9.17, 15) is 4.79 Å². The van der Waals surface area contributed by atoms with Gasteiger partial charge in [0.15, 0.2) is 0 Å². The van der Waals surface area contributed by atoms with Crippen LogP contribution in [-0.2, 0) is 11.3 Å². The SMILES string of the molecule is C#CCN(CC(=O)N[C@@H](C)c1cc(OC)ccc1OC)Cc1ccc(C)cc1. The number of carbonyl (C=O) groups excluding carboxylic acids is 1. The molecular weight excluding hydrogens is 352 g/mol. The number of methoxy groups -OCH3 is 2. The van der Waals surface area contributed by atoms with Crippen molar-refractivity contribution in [3.05, 3.63) is 59.2 Å². The molecule has 2 aromatic carbocycles. The molecule has 148 valence electrons. The second-order valence-electron chi connectivity index (χ2n) is 6.73. The Balaban J connectivity index is 2.03. The average molecular weight is 380 g/mol. The third-order valence-corrected chi connectivity index (χ3v) is 4.49. The fraction of sp³-hybridized carbons (Fsp3) is 0.348. The van der Waals surface area contributed by atoms with Crippen molar-refractivity contribution < 1.29 is 14.3 Å². The van der Waals surface area contributed by atoms with Crippen LogP contribution in [0.2, 0.25) is 0 Å². The van der Waals surface area contributed by atoms with Gasteiger partial charge in [-0.05, 0) is 37.6 Å². The van der Waals surface area contributed by atoms with Crippen LogP contribution >= 0.6 is 0 Å². The van der Waals surface area contributed by atoms with Crippen LogP contribution in [0.15, 0.2) is 42.5 Å². The van der Waals surface area contributed by atoms with E-state index in [0.29, 0.717) is 24.6 Å². The van der Waals surface area contributed by atoms with E-state index in [4.69, 9.17) is 15.9 Å². The molecule has 2 aromatic rings. The van der Waals surface area contributed by atoms with Crippen molar-refractivity contribution in [2.45, 2.75) is 26.4 Å². The Bertz CT molecular complexity index is 825. The van der Waals surface area contributed by atoms with Gasteiger partial charge in [0.1, 0.15) is 11.5 Å². The van der Waals surface area contributed by atoms with Crippen LogP contribution in [-0.4, -0.2) is 38.1 Å². The van der Waals surface area contributed by atoms with Gasteiger partial charge in [-0.1, -0.05) is 35.7 Å². The summed E-state index contributed by atoms with van der Waals surface area (Å²) in [4.78, 5) is 14.6. The Hall–Kier alpha value is -2.97. The van der Waals surface area contributed by atoms with Crippen LogP contribution < -0.4 is 14.8 Å². The Morgan fingerprint density at radius 2 is 1.89 bits per heavy atom. The molecule has 0 spiro atoms. The zero-order chi connectivity index (χ0) is 20.5. The summed E-state index contributed by atoms with van der Waals surface area (Å²) in [5, 5.41) is 3.02. The molecule has 5 nitrogen and oxygen atoms in total. The van der Waals surface area contributed by atoms with Gasteiger partial charge in [-0.3, -0.25) is 9.69 Å². The molecule has 0 unspecified atom stereocenters. The van der Waals surface area contributed by atoms with E-state index in [0.717, 1.165) is 11.1 Å². The number of amides is 1. The number of rotatable bonds is 9. The zero-order valence-electron chi connectivity index (χ0n) is 17.0. The highest BCUT2D eigenvalue weighted by atomic mass is 16.5. The van der Waals surface area contributed by atoms with Crippen molar-refractivity contribution in [3.63, 3.8) is 0 Å². The Morgan fingerprint density at radius 3 is 2.50 bits per heavy atom. The van der Waals surface area contributed by atoms with Crippen molar-refractivity contribution in [3.8, 4) is 23.8 Å². The minimum atomic E-state index is -0.232. The average Bonchev–Trinajstić information content (AvgIpc) is 2.69. The second-order valence-corrected chi connectivity index (χ2v) is 6.73. The summed E-state index contributed by atoms with van der Waals surface area (Å²) in [6, 6.07) is 13.5. The molecule has 0 radical (unpaired) electrons. The van der Waals surface area contributed by atoms with Gasteiger partial charge >= 0.3 is 0 Å². The molecular formula is C23H28N2O3. The van der Waals surface area contributed by atoms with Gasteiger partial charge < -0.3 is 14.8 Å². The molecule has 1 atom stereocenters. The van der Waals surface area contributed by atoms with Gasteiger partial charge in [0.2, 0.25) is 5.91 Å². The molecule has 0 saturated heterocycles. The number of aryl methyl sites for hydroxylation is 1. The summed E-state index contributed by atoms with van der Waals surface area (Å²) in [5.74, 6) is 3.95. The van der Waals surface area contributed by atoms with E-state index in [1.807, 2.05) is 36.9 Å². The van der Waals surface area contributed by atoms with Crippen molar-refractivity contribution >= 4 is 5.91 Å². The topological polar surface area (TPSA) is 50.8 Å². The van der Waals surface area contributed by atoms with E-state index in [1.165, 1.54) is 5.56 Å². The highest BCUT2D eigenvalue weighted by Crippen LogP contribution is 2.29. The maximum Gasteiger partial charge on any atom is 0.234 e. The molecule has 2 rings (SSSR count). The van der Waals surface area contributed by atoms with Gasteiger partial charge in [0.05, 0.1) is 33.4 Å². The lowest BCUT2D eigenvalue weighted by molar-refractivity contribution is -0.122. The highest BCUT2D eigenvalue weighted by Gasteiger charge is 2.17. The number of benzene rings is 2. The maximum atomic E-state index is 12.6. The first-order chi connectivity index (χ1) is 13.5. The highest BCUT2D eigenvalue weighted by molar-refractivity contribution is 5.78. The summed E-state index contributed by atoms with van der Waals surface area (Å²) in [5.41, 5.74) is 3.18. The van der Waals surface area contributed by atoms with Crippen LogP contribution in [0.4, 0.5) is 0 Å². The number of nitrogens with zero attached hydrogens (tertiary/aromatic N) is 1. The van der Waals surface area contributed by atoms with Crippen LogP contribution in [0, 0.1) is 19.3 Å². The maximum absolute atomic E-state index is 12.6. The van der Waals surface area contributed by atoms with E-state index < -0.39 is 0 Å². The molecule has 1 amide bonds. The molecule has 0 bridgehead atoms. The summed E-state index contributed by atoms with van der Waals surface area (Å²) in [6.45, 7) is 5.20. The number of ether oxygens (including phenoxy) is 2. The van der Waals surface area contributed by atoms with Crippen LogP contribution in [0.25, 0.3) is 0 Å². The lowest BCUT2D eigenvalue weighted by Gasteiger charge is -2.22. The lowest BCUT2D eigenvalue weighted by Crippen LogP contribution is -2.38. The van der Waals surface area contributed by atoms with E-state index in [2.05, 4.69) is 35.5 Å². The van der Waals surface area contributed by atoms with Crippen LogP contribution in [0.1, 0.15) is 29.7 Å². The predicted molar refractivity (Wildman–Crippen MR) is 111 cm³/mol. The number of nitrogens with one attached hydrogen (secondary N) is 1.